The zero-order chi connectivity index (χ0) is 32.9. The molecule has 0 aromatic heterocycles. The monoisotopic (exact) mass is 636 g/mol. The Bertz CT molecular complexity index is 1540. The average Bonchev–Trinajstić information content (AvgIpc) is 3.29. The number of alkyl halides is 3. The van der Waals surface area contributed by atoms with Crippen LogP contribution in [0.15, 0.2) is 47.7 Å². The maximum absolute atomic E-state index is 13.8. The number of aliphatic hydroxyl groups excluding tert-OH is 3. The lowest BCUT2D eigenvalue weighted by atomic mass is 9.38. The van der Waals surface area contributed by atoms with Gasteiger partial charge in [-0.05, 0) is 35.8 Å². The third kappa shape index (κ3) is 4.11. The number of aliphatic hydroxyl groups is 3. The van der Waals surface area contributed by atoms with E-state index in [0.29, 0.717) is 0 Å². The highest BCUT2D eigenvalue weighted by Gasteiger charge is 2.84. The summed E-state index contributed by atoms with van der Waals surface area (Å²) in [4.78, 5) is 52.5. The SMILES string of the molecule is COC(=O)[C@@]12OC[C@]34C([C@@H](O)C1O)[C@@]1(C)CC(=O)C(OC(=O)C=C(c5ccccc5)C(F)(F)F)=C(C)C1C[C@H]3OC(=O)[C@H](O)[C@H]42. The van der Waals surface area contributed by atoms with Gasteiger partial charge in [0.25, 0.3) is 0 Å². The van der Waals surface area contributed by atoms with E-state index in [1.54, 1.807) is 6.92 Å². The summed E-state index contributed by atoms with van der Waals surface area (Å²) in [7, 11) is 1.03. The highest BCUT2D eigenvalue weighted by atomic mass is 19.4. The van der Waals surface area contributed by atoms with Crippen LogP contribution < -0.4 is 0 Å². The van der Waals surface area contributed by atoms with Crippen LogP contribution in [0.1, 0.15) is 32.3 Å². The van der Waals surface area contributed by atoms with Gasteiger partial charge in [0, 0.05) is 23.8 Å². The molecule has 4 fully saturated rings. The van der Waals surface area contributed by atoms with Crippen LogP contribution in [0.5, 0.6) is 0 Å². The van der Waals surface area contributed by atoms with E-state index in [9.17, 15) is 47.7 Å². The normalized spacial score (nSPS) is 40.7. The summed E-state index contributed by atoms with van der Waals surface area (Å²) in [5.41, 5.74) is -6.34. The highest BCUT2D eigenvalue weighted by molar-refractivity contribution is 6.01. The fourth-order valence-electron chi connectivity index (χ4n) is 9.09. The van der Waals surface area contributed by atoms with Crippen LogP contribution in [0.25, 0.3) is 5.57 Å². The molecule has 5 aliphatic rings. The number of rotatable bonds is 4. The molecular weight excluding hydrogens is 605 g/mol. The fourth-order valence-corrected chi connectivity index (χ4v) is 9.09. The van der Waals surface area contributed by atoms with Crippen molar-refractivity contribution in [3.8, 4) is 0 Å². The Morgan fingerprint density at radius 3 is 2.38 bits per heavy atom. The maximum atomic E-state index is 13.8. The number of carbonyl (C=O) groups excluding carboxylic acids is 4. The zero-order valence-corrected chi connectivity index (χ0v) is 24.4. The molecule has 14 heteroatoms. The van der Waals surface area contributed by atoms with Crippen molar-refractivity contribution in [2.75, 3.05) is 13.7 Å². The largest absolute Gasteiger partial charge is 0.467 e. The molecule has 3 N–H and O–H groups in total. The first-order valence-electron chi connectivity index (χ1n) is 14.3. The van der Waals surface area contributed by atoms with Gasteiger partial charge in [-0.15, -0.1) is 0 Å². The predicted octanol–water partition coefficient (Wildman–Crippen LogP) is 1.63. The minimum atomic E-state index is -4.91. The van der Waals surface area contributed by atoms with Crippen molar-refractivity contribution >= 4 is 29.3 Å². The van der Waals surface area contributed by atoms with Crippen molar-refractivity contribution in [1.29, 1.82) is 0 Å². The van der Waals surface area contributed by atoms with Crippen molar-refractivity contribution in [1.82, 2.24) is 0 Å². The average molecular weight is 637 g/mol. The maximum Gasteiger partial charge on any atom is 0.417 e. The second kappa shape index (κ2) is 10.2. The Kier molecular flexibility index (Phi) is 7.12. The summed E-state index contributed by atoms with van der Waals surface area (Å²) in [5, 5.41) is 34.1. The molecule has 2 saturated heterocycles. The number of hydrogen-bond acceptors (Lipinski definition) is 11. The molecule has 3 unspecified atom stereocenters. The predicted molar refractivity (Wildman–Crippen MR) is 143 cm³/mol. The molecule has 2 bridgehead atoms. The Balaban J connectivity index is 1.42. The summed E-state index contributed by atoms with van der Waals surface area (Å²) < 4.78 is 63.3. The summed E-state index contributed by atoms with van der Waals surface area (Å²) in [6.45, 7) is 2.79. The Morgan fingerprint density at radius 1 is 1.09 bits per heavy atom. The smallest absolute Gasteiger partial charge is 0.417 e. The number of carbonyl (C=O) groups is 4. The molecule has 1 aromatic carbocycles. The molecule has 6 rings (SSSR count). The van der Waals surface area contributed by atoms with E-state index >= 15 is 0 Å². The van der Waals surface area contributed by atoms with E-state index in [1.807, 2.05) is 0 Å². The van der Waals surface area contributed by atoms with Crippen molar-refractivity contribution in [3.63, 3.8) is 0 Å². The molecule has 1 aromatic rings. The van der Waals surface area contributed by atoms with E-state index in [4.69, 9.17) is 18.9 Å². The molecule has 1 spiro atoms. The minimum absolute atomic E-state index is 0.0286. The summed E-state index contributed by atoms with van der Waals surface area (Å²) >= 11 is 0. The Labute approximate surface area is 254 Å². The number of ketones is 1. The lowest BCUT2D eigenvalue weighted by molar-refractivity contribution is -0.289. The highest BCUT2D eigenvalue weighted by Crippen LogP contribution is 2.72. The number of esters is 3. The lowest BCUT2D eigenvalue weighted by Crippen LogP contribution is -2.79. The molecule has 2 heterocycles. The summed E-state index contributed by atoms with van der Waals surface area (Å²) in [5.74, 6) is -8.08. The van der Waals surface area contributed by atoms with Gasteiger partial charge in [-0.2, -0.15) is 13.2 Å². The van der Waals surface area contributed by atoms with Crippen LogP contribution in [0, 0.1) is 28.6 Å². The zero-order valence-electron chi connectivity index (χ0n) is 24.4. The second-order valence-electron chi connectivity index (χ2n) is 12.7. The van der Waals surface area contributed by atoms with E-state index in [0.717, 1.165) is 7.11 Å². The number of halogens is 3. The van der Waals surface area contributed by atoms with Gasteiger partial charge in [0.05, 0.1) is 31.3 Å². The van der Waals surface area contributed by atoms with Gasteiger partial charge in [-0.3, -0.25) is 4.79 Å². The lowest BCUT2D eigenvalue weighted by Gasteiger charge is -2.67. The summed E-state index contributed by atoms with van der Waals surface area (Å²) in [6, 6.07) is 6.60. The third-order valence-corrected chi connectivity index (χ3v) is 10.7. The van der Waals surface area contributed by atoms with Crippen LogP contribution in [0.3, 0.4) is 0 Å². The number of allylic oxidation sites excluding steroid dienone is 3. The Morgan fingerprint density at radius 2 is 1.76 bits per heavy atom. The molecule has 3 aliphatic carbocycles. The van der Waals surface area contributed by atoms with Gasteiger partial charge >= 0.3 is 24.1 Å². The number of methoxy groups -OCH3 is 1. The second-order valence-corrected chi connectivity index (χ2v) is 12.7. The molecule has 0 radical (unpaired) electrons. The van der Waals surface area contributed by atoms with Crippen LogP contribution >= 0.6 is 0 Å². The molecular formula is C31H31F3O11. The number of benzene rings is 1. The van der Waals surface area contributed by atoms with Crippen LogP contribution in [0.2, 0.25) is 0 Å². The van der Waals surface area contributed by atoms with E-state index in [-0.39, 0.29) is 30.2 Å². The molecule has 11 nitrogen and oxygen atoms in total. The van der Waals surface area contributed by atoms with Crippen molar-refractivity contribution in [2.24, 2.45) is 28.6 Å². The van der Waals surface area contributed by atoms with Crippen LogP contribution in [0.4, 0.5) is 13.2 Å². The molecule has 45 heavy (non-hydrogen) atoms. The van der Waals surface area contributed by atoms with Gasteiger partial charge in [0.15, 0.2) is 23.2 Å². The van der Waals surface area contributed by atoms with Gasteiger partial charge in [0.1, 0.15) is 12.2 Å². The third-order valence-electron chi connectivity index (χ3n) is 10.7. The van der Waals surface area contributed by atoms with Gasteiger partial charge in [0.2, 0.25) is 0 Å². The van der Waals surface area contributed by atoms with Gasteiger partial charge < -0.3 is 34.3 Å². The first-order valence-corrected chi connectivity index (χ1v) is 14.3. The number of Topliss-reactive ketones (excluding diaryl/α,β-unsaturated/α-hetero) is 1. The first kappa shape index (κ1) is 31.4. The van der Waals surface area contributed by atoms with E-state index < -0.39 is 106 Å². The molecule has 242 valence electrons. The van der Waals surface area contributed by atoms with Gasteiger partial charge in [-0.25, -0.2) is 14.4 Å². The number of ether oxygens (including phenoxy) is 4. The fraction of sp³-hybridized carbons (Fsp3) is 0.548. The van der Waals surface area contributed by atoms with E-state index in [1.165, 1.54) is 37.3 Å². The summed E-state index contributed by atoms with van der Waals surface area (Å²) in [6.07, 6.45) is -11.8. The quantitative estimate of drug-likeness (QED) is 0.250. The van der Waals surface area contributed by atoms with E-state index in [2.05, 4.69) is 0 Å². The van der Waals surface area contributed by atoms with Crippen LogP contribution in [-0.2, 0) is 38.1 Å². The Hall–Kier alpha value is -3.59. The first-order chi connectivity index (χ1) is 21.1. The van der Waals surface area contributed by atoms with Gasteiger partial charge in [-0.1, -0.05) is 37.3 Å². The van der Waals surface area contributed by atoms with Crippen LogP contribution in [-0.4, -0.2) is 88.9 Å². The molecule has 2 saturated carbocycles. The molecule has 2 aliphatic heterocycles. The molecule has 0 amide bonds. The van der Waals surface area contributed by atoms with Crippen molar-refractivity contribution in [3.05, 3.63) is 53.3 Å². The minimum Gasteiger partial charge on any atom is -0.467 e. The number of hydrogen-bond donors (Lipinski definition) is 3. The van der Waals surface area contributed by atoms with Crippen molar-refractivity contribution < 1.29 is 66.6 Å². The number of fused-ring (bicyclic) bond motifs is 2. The molecule has 10 atom stereocenters. The topological polar surface area (TPSA) is 166 Å². The van der Waals surface area contributed by atoms with Crippen molar-refractivity contribution in [2.45, 2.75) is 62.9 Å². The standard InChI is InChI=1S/C31H31F3O11/c1-13-15-9-18-29-12-43-30(27(41)42-3,24(29)21(38)26(40)44-18)25(39)20(37)23(29)28(15,2)11-17(35)22(13)45-19(36)10-16(31(32,33)34)14-7-5-4-6-8-14/h4-8,10,15,18,20-21,23-25,37-39H,9,11-12H2,1-3H3/t15?,18-,20-,21-,23?,24-,25?,28+,29-,30+/m1/s1.